The number of nitrogens with zero attached hydrogens (tertiary/aromatic N) is 2. The zero-order chi connectivity index (χ0) is 24.8. The van der Waals surface area contributed by atoms with Gasteiger partial charge in [-0.05, 0) is 58.7 Å². The lowest BCUT2D eigenvalue weighted by molar-refractivity contribution is -0.168. The van der Waals surface area contributed by atoms with Crippen LogP contribution in [-0.2, 0) is 10.5 Å². The van der Waals surface area contributed by atoms with Gasteiger partial charge in [-0.25, -0.2) is 9.97 Å². The molecule has 3 aromatic rings. The quantitative estimate of drug-likeness (QED) is 0.454. The number of aromatic nitrogens is 2. The number of fused-ring (bicyclic) bond motifs is 1. The average molecular weight is 477 g/mol. The lowest BCUT2D eigenvalue weighted by atomic mass is 9.91. The van der Waals surface area contributed by atoms with E-state index in [1.807, 2.05) is 6.92 Å². The van der Waals surface area contributed by atoms with E-state index in [4.69, 9.17) is 4.74 Å². The van der Waals surface area contributed by atoms with E-state index in [1.165, 1.54) is 19.2 Å². The molecule has 0 aliphatic heterocycles. The summed E-state index contributed by atoms with van der Waals surface area (Å²) in [4.78, 5) is 8.99. The molecule has 0 aliphatic carbocycles. The van der Waals surface area contributed by atoms with Crippen molar-refractivity contribution in [2.45, 2.75) is 45.3 Å². The largest absolute Gasteiger partial charge is 0.496 e. The lowest BCUT2D eigenvalue weighted by Crippen LogP contribution is -2.40. The number of halogens is 2. The number of methoxy groups -OCH3 is 1. The summed E-state index contributed by atoms with van der Waals surface area (Å²) in [5.41, 5.74) is -1.25. The first kappa shape index (κ1) is 25.1. The van der Waals surface area contributed by atoms with Crippen LogP contribution in [0.2, 0.25) is 0 Å². The number of nitrogens with one attached hydrogen (secondary N) is 1. The topological polar surface area (TPSA) is 84.3 Å². The highest BCUT2D eigenvalue weighted by atomic mass is 31.2. The molecule has 3 rings (SSSR count). The van der Waals surface area contributed by atoms with Gasteiger partial charge in [0, 0.05) is 23.1 Å². The molecule has 0 radical (unpaired) electrons. The van der Waals surface area contributed by atoms with Crippen molar-refractivity contribution >= 4 is 29.2 Å². The van der Waals surface area contributed by atoms with Gasteiger partial charge < -0.3 is 19.7 Å². The Morgan fingerprint density at radius 2 is 1.82 bits per heavy atom. The van der Waals surface area contributed by atoms with E-state index in [9.17, 15) is 18.5 Å². The molecule has 2 aromatic carbocycles. The Kier molecular flexibility index (Phi) is 6.57. The van der Waals surface area contributed by atoms with Crippen molar-refractivity contribution < 1.29 is 23.2 Å². The summed E-state index contributed by atoms with van der Waals surface area (Å²) in [6, 6.07) is 9.07. The number of rotatable bonds is 7. The summed E-state index contributed by atoms with van der Waals surface area (Å²) < 4.78 is 47.7. The van der Waals surface area contributed by atoms with E-state index in [0.717, 1.165) is 13.8 Å². The Morgan fingerprint density at radius 3 is 2.39 bits per heavy atom. The minimum absolute atomic E-state index is 0.269. The fraction of sp³-hybridized carbons (Fsp3) is 0.417. The number of hydrogen-bond acceptors (Lipinski definition) is 6. The molecule has 178 valence electrons. The van der Waals surface area contributed by atoms with E-state index in [0.29, 0.717) is 39.2 Å². The summed E-state index contributed by atoms with van der Waals surface area (Å²) in [5.74, 6) is -1.91. The van der Waals surface area contributed by atoms with E-state index < -0.39 is 18.7 Å². The second-order valence-electron chi connectivity index (χ2n) is 9.14. The molecule has 0 bridgehead atoms. The number of alkyl halides is 2. The van der Waals surface area contributed by atoms with Crippen LogP contribution in [0.25, 0.3) is 10.9 Å². The molecule has 6 nitrogen and oxygen atoms in total. The smallest absolute Gasteiger partial charge is 0.300 e. The number of anilines is 1. The highest BCUT2D eigenvalue weighted by molar-refractivity contribution is 7.70. The molecule has 0 fully saturated rings. The van der Waals surface area contributed by atoms with Gasteiger partial charge in [0.2, 0.25) is 0 Å². The molecule has 9 heteroatoms. The van der Waals surface area contributed by atoms with Gasteiger partial charge in [0.1, 0.15) is 30.1 Å². The molecule has 1 atom stereocenters. The van der Waals surface area contributed by atoms with Crippen LogP contribution >= 0.6 is 7.14 Å². The summed E-state index contributed by atoms with van der Waals surface area (Å²) in [6.45, 7) is 9.09. The third-order valence-corrected chi connectivity index (χ3v) is 7.07. The van der Waals surface area contributed by atoms with E-state index >= 15 is 0 Å². The maximum Gasteiger partial charge on any atom is 0.300 e. The van der Waals surface area contributed by atoms with E-state index in [1.54, 1.807) is 44.5 Å². The third kappa shape index (κ3) is 5.02. The van der Waals surface area contributed by atoms with Gasteiger partial charge in [0.05, 0.1) is 17.9 Å². The molecule has 0 aliphatic rings. The van der Waals surface area contributed by atoms with Crippen molar-refractivity contribution in [3.05, 3.63) is 53.3 Å². The molecule has 0 amide bonds. The Labute approximate surface area is 192 Å². The van der Waals surface area contributed by atoms with Crippen molar-refractivity contribution in [3.8, 4) is 5.75 Å². The van der Waals surface area contributed by atoms with Crippen LogP contribution in [0.15, 0.2) is 36.4 Å². The SMILES string of the molecule is COc1cc2nc(C)nc(N[C@H](C)c3cccc(C(F)(F)C(C)(C)O)c3)c2cc1P(C)(C)=O. The monoisotopic (exact) mass is 477 g/mol. The van der Waals surface area contributed by atoms with Crippen LogP contribution in [0.3, 0.4) is 0 Å². The Bertz CT molecular complexity index is 1240. The lowest BCUT2D eigenvalue weighted by Gasteiger charge is -2.30. The molecule has 0 unspecified atom stereocenters. The van der Waals surface area contributed by atoms with Crippen molar-refractivity contribution in [2.75, 3.05) is 25.8 Å². The summed E-state index contributed by atoms with van der Waals surface area (Å²) in [7, 11) is -1.14. The van der Waals surface area contributed by atoms with Gasteiger partial charge in [-0.2, -0.15) is 8.78 Å². The zero-order valence-corrected chi connectivity index (χ0v) is 20.8. The van der Waals surface area contributed by atoms with Crippen molar-refractivity contribution in [1.29, 1.82) is 0 Å². The molecule has 0 spiro atoms. The molecule has 0 saturated heterocycles. The zero-order valence-electron chi connectivity index (χ0n) is 19.9. The summed E-state index contributed by atoms with van der Waals surface area (Å²) in [6.07, 6.45) is 0. The van der Waals surface area contributed by atoms with Gasteiger partial charge in [-0.1, -0.05) is 18.2 Å². The van der Waals surface area contributed by atoms with Crippen LogP contribution < -0.4 is 15.4 Å². The second-order valence-corrected chi connectivity index (χ2v) is 12.3. The first-order valence-corrected chi connectivity index (χ1v) is 13.1. The molecule has 1 heterocycles. The number of ether oxygens (including phenoxy) is 1. The molecule has 2 N–H and O–H groups in total. The highest BCUT2D eigenvalue weighted by Gasteiger charge is 2.47. The Morgan fingerprint density at radius 1 is 1.15 bits per heavy atom. The normalized spacial score (nSPS) is 13.8. The van der Waals surface area contributed by atoms with E-state index in [-0.39, 0.29) is 11.6 Å². The maximum absolute atomic E-state index is 14.7. The fourth-order valence-corrected chi connectivity index (χ4v) is 4.73. The van der Waals surface area contributed by atoms with Gasteiger partial charge in [0.25, 0.3) is 0 Å². The minimum Gasteiger partial charge on any atom is -0.496 e. The van der Waals surface area contributed by atoms with Crippen molar-refractivity contribution in [2.24, 2.45) is 0 Å². The minimum atomic E-state index is -3.42. The highest BCUT2D eigenvalue weighted by Crippen LogP contribution is 2.41. The Hall–Kier alpha value is -2.57. The molecule has 0 saturated carbocycles. The molecule has 1 aromatic heterocycles. The third-order valence-electron chi connectivity index (χ3n) is 5.56. The van der Waals surface area contributed by atoms with Gasteiger partial charge in [-0.3, -0.25) is 0 Å². The first-order valence-electron chi connectivity index (χ1n) is 10.5. The van der Waals surface area contributed by atoms with Gasteiger partial charge >= 0.3 is 5.92 Å². The summed E-state index contributed by atoms with van der Waals surface area (Å²) >= 11 is 0. The molecule has 33 heavy (non-hydrogen) atoms. The van der Waals surface area contributed by atoms with Crippen LogP contribution in [0.4, 0.5) is 14.6 Å². The van der Waals surface area contributed by atoms with Crippen LogP contribution in [0.5, 0.6) is 5.75 Å². The predicted molar refractivity (Wildman–Crippen MR) is 129 cm³/mol. The van der Waals surface area contributed by atoms with Crippen molar-refractivity contribution in [1.82, 2.24) is 9.97 Å². The number of aliphatic hydroxyl groups is 1. The average Bonchev–Trinajstić information content (AvgIpc) is 2.71. The molecular formula is C24H30F2N3O3P. The summed E-state index contributed by atoms with van der Waals surface area (Å²) in [5, 5.41) is 14.5. The van der Waals surface area contributed by atoms with E-state index in [2.05, 4.69) is 15.3 Å². The maximum atomic E-state index is 14.7. The number of aryl methyl sites for hydroxylation is 1. The number of benzene rings is 2. The Balaban J connectivity index is 2.07. The predicted octanol–water partition coefficient (Wildman–Crippen LogP) is 5.23. The van der Waals surface area contributed by atoms with Crippen LogP contribution in [0.1, 0.15) is 43.8 Å². The number of hydrogen-bond donors (Lipinski definition) is 2. The van der Waals surface area contributed by atoms with Gasteiger partial charge in [0.15, 0.2) is 0 Å². The fourth-order valence-electron chi connectivity index (χ4n) is 3.60. The standard InChI is InChI=1S/C24H30F2N3O3P/c1-14(16-9-8-10-17(11-16)24(25,26)23(3,4)30)27-22-18-12-21(33(6,7)31)20(32-5)13-19(18)28-15(2)29-22/h8-14,30H,1-7H3,(H,27,28,29)/t14-/m1/s1. The second kappa shape index (κ2) is 8.65. The molecular weight excluding hydrogens is 447 g/mol. The first-order chi connectivity index (χ1) is 15.1. The van der Waals surface area contributed by atoms with Crippen LogP contribution in [-0.4, -0.2) is 41.1 Å². The van der Waals surface area contributed by atoms with Crippen LogP contribution in [0, 0.1) is 6.92 Å². The van der Waals surface area contributed by atoms with Crippen molar-refractivity contribution in [3.63, 3.8) is 0 Å². The van der Waals surface area contributed by atoms with Gasteiger partial charge in [-0.15, -0.1) is 0 Å².